The highest BCUT2D eigenvalue weighted by atomic mass is 35.5. The molecule has 1 aromatic heterocycles. The molecule has 0 spiro atoms. The molecule has 88 valence electrons. The summed E-state index contributed by atoms with van der Waals surface area (Å²) in [6.07, 6.45) is 0.643. The van der Waals surface area contributed by atoms with E-state index in [4.69, 9.17) is 22.1 Å². The summed E-state index contributed by atoms with van der Waals surface area (Å²) >= 11 is 5.89. The second-order valence-corrected chi connectivity index (χ2v) is 4.00. The molecule has 2 aromatic rings. The van der Waals surface area contributed by atoms with Crippen molar-refractivity contribution in [3.63, 3.8) is 0 Å². The standard InChI is InChI=1S/C12H12ClN3O/c1-17-10-4-2-3-8(6-10)5-9-7-11(13)12(14)16-15-9/h2-4,6-7H,5H2,1H3,(H2,14,16). The van der Waals surface area contributed by atoms with E-state index in [1.165, 1.54) is 0 Å². The molecule has 1 aromatic carbocycles. The molecule has 0 aliphatic heterocycles. The maximum atomic E-state index is 5.89. The van der Waals surface area contributed by atoms with Gasteiger partial charge in [-0.25, -0.2) is 0 Å². The zero-order chi connectivity index (χ0) is 12.3. The first-order chi connectivity index (χ1) is 8.19. The van der Waals surface area contributed by atoms with Crippen LogP contribution in [0, 0.1) is 0 Å². The predicted molar refractivity (Wildman–Crippen MR) is 67.3 cm³/mol. The molecule has 17 heavy (non-hydrogen) atoms. The van der Waals surface area contributed by atoms with Gasteiger partial charge in [-0.05, 0) is 23.8 Å². The zero-order valence-electron chi connectivity index (χ0n) is 9.35. The van der Waals surface area contributed by atoms with E-state index in [-0.39, 0.29) is 5.82 Å². The van der Waals surface area contributed by atoms with Crippen molar-refractivity contribution < 1.29 is 4.74 Å². The molecule has 0 unspecified atom stereocenters. The van der Waals surface area contributed by atoms with Gasteiger partial charge in [0, 0.05) is 6.42 Å². The summed E-state index contributed by atoms with van der Waals surface area (Å²) in [6.45, 7) is 0. The summed E-state index contributed by atoms with van der Waals surface area (Å²) in [6, 6.07) is 9.50. The van der Waals surface area contributed by atoms with Crippen molar-refractivity contribution in [2.45, 2.75) is 6.42 Å². The fourth-order valence-electron chi connectivity index (χ4n) is 1.49. The number of hydrogen-bond donors (Lipinski definition) is 1. The molecule has 0 atom stereocenters. The van der Waals surface area contributed by atoms with E-state index in [0.717, 1.165) is 17.0 Å². The normalized spacial score (nSPS) is 10.2. The van der Waals surface area contributed by atoms with Gasteiger partial charge in [0.1, 0.15) is 5.75 Å². The molecule has 5 heteroatoms. The average Bonchev–Trinajstić information content (AvgIpc) is 2.34. The SMILES string of the molecule is COc1cccc(Cc2cc(Cl)c(N)nn2)c1. The van der Waals surface area contributed by atoms with Crippen molar-refractivity contribution in [2.24, 2.45) is 0 Å². The third kappa shape index (κ3) is 2.85. The van der Waals surface area contributed by atoms with Crippen LogP contribution in [0.4, 0.5) is 5.82 Å². The molecule has 2 N–H and O–H groups in total. The number of benzene rings is 1. The Hall–Kier alpha value is -1.81. The molecule has 0 saturated heterocycles. The number of nitrogens with two attached hydrogens (primary N) is 1. The summed E-state index contributed by atoms with van der Waals surface area (Å²) in [4.78, 5) is 0. The fraction of sp³-hybridized carbons (Fsp3) is 0.167. The van der Waals surface area contributed by atoms with E-state index >= 15 is 0 Å². The zero-order valence-corrected chi connectivity index (χ0v) is 10.1. The third-order valence-electron chi connectivity index (χ3n) is 2.34. The van der Waals surface area contributed by atoms with E-state index in [1.54, 1.807) is 13.2 Å². The van der Waals surface area contributed by atoms with Gasteiger partial charge in [-0.2, -0.15) is 5.10 Å². The first-order valence-corrected chi connectivity index (χ1v) is 5.47. The van der Waals surface area contributed by atoms with E-state index in [1.807, 2.05) is 24.3 Å². The van der Waals surface area contributed by atoms with Crippen LogP contribution in [0.1, 0.15) is 11.3 Å². The lowest BCUT2D eigenvalue weighted by Crippen LogP contribution is -1.99. The summed E-state index contributed by atoms with van der Waals surface area (Å²) in [5, 5.41) is 8.20. The van der Waals surface area contributed by atoms with Crippen LogP contribution in [-0.2, 0) is 6.42 Å². The fourth-order valence-corrected chi connectivity index (χ4v) is 1.66. The molecule has 0 fully saturated rings. The largest absolute Gasteiger partial charge is 0.497 e. The third-order valence-corrected chi connectivity index (χ3v) is 2.65. The van der Waals surface area contributed by atoms with Crippen molar-refractivity contribution in [3.8, 4) is 5.75 Å². The van der Waals surface area contributed by atoms with Gasteiger partial charge in [0.25, 0.3) is 0 Å². The van der Waals surface area contributed by atoms with E-state index in [2.05, 4.69) is 10.2 Å². The highest BCUT2D eigenvalue weighted by molar-refractivity contribution is 6.32. The number of nitrogen functional groups attached to an aromatic ring is 1. The average molecular weight is 250 g/mol. The summed E-state index contributed by atoms with van der Waals surface area (Å²) < 4.78 is 5.15. The lowest BCUT2D eigenvalue weighted by molar-refractivity contribution is 0.414. The number of anilines is 1. The smallest absolute Gasteiger partial charge is 0.164 e. The molecule has 1 heterocycles. The Kier molecular flexibility index (Phi) is 3.44. The highest BCUT2D eigenvalue weighted by Crippen LogP contribution is 2.19. The Bertz CT molecular complexity index is 531. The predicted octanol–water partition coefficient (Wildman–Crippen LogP) is 2.31. The van der Waals surface area contributed by atoms with Crippen LogP contribution in [0.5, 0.6) is 5.75 Å². The maximum absolute atomic E-state index is 5.89. The molecule has 4 nitrogen and oxygen atoms in total. The molecular weight excluding hydrogens is 238 g/mol. The Labute approximate surface area is 104 Å². The van der Waals surface area contributed by atoms with Crippen LogP contribution >= 0.6 is 11.6 Å². The molecule has 0 aliphatic carbocycles. The molecule has 0 bridgehead atoms. The Morgan fingerprint density at radius 3 is 2.82 bits per heavy atom. The number of ether oxygens (including phenoxy) is 1. The van der Waals surface area contributed by atoms with Gasteiger partial charge in [-0.15, -0.1) is 5.10 Å². The van der Waals surface area contributed by atoms with Gasteiger partial charge >= 0.3 is 0 Å². The molecule has 2 rings (SSSR count). The van der Waals surface area contributed by atoms with E-state index in [0.29, 0.717) is 11.4 Å². The molecule has 0 saturated carbocycles. The van der Waals surface area contributed by atoms with E-state index in [9.17, 15) is 0 Å². The lowest BCUT2D eigenvalue weighted by atomic mass is 10.1. The first-order valence-electron chi connectivity index (χ1n) is 5.09. The van der Waals surface area contributed by atoms with Crippen molar-refractivity contribution in [1.29, 1.82) is 0 Å². The number of aromatic nitrogens is 2. The maximum Gasteiger partial charge on any atom is 0.164 e. The van der Waals surface area contributed by atoms with Crippen molar-refractivity contribution >= 4 is 17.4 Å². The lowest BCUT2D eigenvalue weighted by Gasteiger charge is -2.04. The van der Waals surface area contributed by atoms with Crippen LogP contribution in [0.15, 0.2) is 30.3 Å². The van der Waals surface area contributed by atoms with Crippen LogP contribution in [0.3, 0.4) is 0 Å². The summed E-state index contributed by atoms with van der Waals surface area (Å²) in [7, 11) is 1.64. The van der Waals surface area contributed by atoms with E-state index < -0.39 is 0 Å². The second-order valence-electron chi connectivity index (χ2n) is 3.60. The van der Waals surface area contributed by atoms with Crippen LogP contribution in [-0.4, -0.2) is 17.3 Å². The van der Waals surface area contributed by atoms with Crippen LogP contribution < -0.4 is 10.5 Å². The van der Waals surface area contributed by atoms with Crippen LogP contribution in [0.25, 0.3) is 0 Å². The number of hydrogen-bond acceptors (Lipinski definition) is 4. The number of methoxy groups -OCH3 is 1. The minimum absolute atomic E-state index is 0.251. The van der Waals surface area contributed by atoms with Gasteiger partial charge in [0.2, 0.25) is 0 Å². The minimum Gasteiger partial charge on any atom is -0.497 e. The molecule has 0 radical (unpaired) electrons. The van der Waals surface area contributed by atoms with Gasteiger partial charge in [-0.3, -0.25) is 0 Å². The number of halogens is 1. The summed E-state index contributed by atoms with van der Waals surface area (Å²) in [5.41, 5.74) is 7.36. The highest BCUT2D eigenvalue weighted by Gasteiger charge is 2.04. The van der Waals surface area contributed by atoms with Crippen molar-refractivity contribution in [2.75, 3.05) is 12.8 Å². The van der Waals surface area contributed by atoms with Gasteiger partial charge < -0.3 is 10.5 Å². The molecule has 0 aliphatic rings. The Balaban J connectivity index is 2.22. The molecule has 0 amide bonds. The first kappa shape index (κ1) is 11.7. The molecular formula is C12H12ClN3O. The topological polar surface area (TPSA) is 61.0 Å². The van der Waals surface area contributed by atoms with Crippen molar-refractivity contribution in [1.82, 2.24) is 10.2 Å². The van der Waals surface area contributed by atoms with Crippen LogP contribution in [0.2, 0.25) is 5.02 Å². The second kappa shape index (κ2) is 5.01. The Morgan fingerprint density at radius 1 is 1.29 bits per heavy atom. The van der Waals surface area contributed by atoms with Crippen molar-refractivity contribution in [3.05, 3.63) is 46.6 Å². The Morgan fingerprint density at radius 2 is 2.12 bits per heavy atom. The quantitative estimate of drug-likeness (QED) is 0.907. The minimum atomic E-state index is 0.251. The van der Waals surface area contributed by atoms with Gasteiger partial charge in [0.15, 0.2) is 5.82 Å². The summed E-state index contributed by atoms with van der Waals surface area (Å²) in [5.74, 6) is 1.07. The number of rotatable bonds is 3. The monoisotopic (exact) mass is 249 g/mol. The van der Waals surface area contributed by atoms with Gasteiger partial charge in [0.05, 0.1) is 17.8 Å². The van der Waals surface area contributed by atoms with Gasteiger partial charge in [-0.1, -0.05) is 23.7 Å². The number of nitrogens with zero attached hydrogens (tertiary/aromatic N) is 2.